The zero-order chi connectivity index (χ0) is 22.3. The highest BCUT2D eigenvalue weighted by molar-refractivity contribution is 5.89. The molecule has 6 nitrogen and oxygen atoms in total. The number of carbonyl (C=O) groups is 2. The maximum Gasteiger partial charge on any atom is 0.321 e. The molecule has 0 aromatic heterocycles. The van der Waals surface area contributed by atoms with Crippen molar-refractivity contribution < 1.29 is 9.59 Å². The summed E-state index contributed by atoms with van der Waals surface area (Å²) in [5.41, 5.74) is 1.92. The van der Waals surface area contributed by atoms with Gasteiger partial charge in [-0.15, -0.1) is 0 Å². The normalized spacial score (nSPS) is 19.3. The zero-order valence-corrected chi connectivity index (χ0v) is 18.9. The summed E-state index contributed by atoms with van der Waals surface area (Å²) >= 11 is 0. The summed E-state index contributed by atoms with van der Waals surface area (Å²) in [7, 11) is 0. The van der Waals surface area contributed by atoms with E-state index in [2.05, 4.69) is 27.7 Å². The highest BCUT2D eigenvalue weighted by Crippen LogP contribution is 2.31. The van der Waals surface area contributed by atoms with E-state index in [1.165, 1.54) is 12.8 Å². The zero-order valence-electron chi connectivity index (χ0n) is 18.9. The van der Waals surface area contributed by atoms with Crippen molar-refractivity contribution in [2.75, 3.05) is 31.5 Å². The van der Waals surface area contributed by atoms with Crippen LogP contribution in [0.15, 0.2) is 60.7 Å². The number of rotatable bonds is 6. The number of hydrogen-bond donors (Lipinski definition) is 2. The van der Waals surface area contributed by atoms with Crippen molar-refractivity contribution in [1.82, 2.24) is 15.1 Å². The second-order valence-corrected chi connectivity index (χ2v) is 8.95. The molecule has 1 aliphatic carbocycles. The Kier molecular flexibility index (Phi) is 7.43. The molecule has 1 heterocycles. The van der Waals surface area contributed by atoms with Gasteiger partial charge in [0, 0.05) is 31.9 Å². The maximum atomic E-state index is 13.4. The van der Waals surface area contributed by atoms with Crippen LogP contribution in [0.25, 0.3) is 0 Å². The Balaban J connectivity index is 1.37. The summed E-state index contributed by atoms with van der Waals surface area (Å²) in [5.74, 6) is 0.512. The number of benzene rings is 2. The van der Waals surface area contributed by atoms with Crippen LogP contribution >= 0.6 is 0 Å². The molecular formula is C26H34N4O2. The number of carbonyl (C=O) groups excluding carboxylic acids is 2. The predicted molar refractivity (Wildman–Crippen MR) is 127 cm³/mol. The molecule has 170 valence electrons. The molecule has 1 aliphatic heterocycles. The van der Waals surface area contributed by atoms with Gasteiger partial charge in [0.1, 0.15) is 0 Å². The molecule has 6 heteroatoms. The summed E-state index contributed by atoms with van der Waals surface area (Å²) in [6.45, 7) is 4.74. The highest BCUT2D eigenvalue weighted by atomic mass is 16.2. The number of anilines is 1. The molecule has 32 heavy (non-hydrogen) atoms. The molecule has 2 fully saturated rings. The number of para-hydroxylation sites is 1. The average Bonchev–Trinajstić information content (AvgIpc) is 3.35. The molecule has 0 unspecified atom stereocenters. The third kappa shape index (κ3) is 5.49. The molecule has 0 radical (unpaired) electrons. The van der Waals surface area contributed by atoms with Gasteiger partial charge in [-0.1, -0.05) is 61.4 Å². The topological polar surface area (TPSA) is 64.7 Å². The minimum atomic E-state index is -0.122. The number of nitrogens with one attached hydrogen (secondary N) is 2. The second-order valence-electron chi connectivity index (χ2n) is 8.95. The first-order valence-corrected chi connectivity index (χ1v) is 11.8. The number of piperazine rings is 1. The maximum absolute atomic E-state index is 13.4. The Morgan fingerprint density at radius 3 is 2.09 bits per heavy atom. The lowest BCUT2D eigenvalue weighted by atomic mass is 9.94. The Morgan fingerprint density at radius 1 is 0.875 bits per heavy atom. The monoisotopic (exact) mass is 434 g/mol. The molecular weight excluding hydrogens is 400 g/mol. The molecule has 0 spiro atoms. The molecule has 1 saturated carbocycles. The fourth-order valence-electron chi connectivity index (χ4n) is 5.00. The van der Waals surface area contributed by atoms with Crippen molar-refractivity contribution in [3.63, 3.8) is 0 Å². The molecule has 0 bridgehead atoms. The lowest BCUT2D eigenvalue weighted by Crippen LogP contribution is -2.58. The van der Waals surface area contributed by atoms with Crippen LogP contribution in [-0.2, 0) is 4.79 Å². The molecule has 3 amide bonds. The first kappa shape index (κ1) is 22.3. The lowest BCUT2D eigenvalue weighted by Gasteiger charge is -2.41. The molecule has 4 rings (SSSR count). The SMILES string of the molecule is C[C@@H](NC(=O)[C@@H](C1CCCC1)N1CCN(C(=O)Nc2ccccc2)CC1)c1ccccc1. The number of nitrogens with zero attached hydrogens (tertiary/aromatic N) is 2. The van der Waals surface area contributed by atoms with Gasteiger partial charge < -0.3 is 15.5 Å². The standard InChI is InChI=1S/C26H34N4O2/c1-20(21-10-4-2-5-11-21)27-25(31)24(22-12-8-9-13-22)29-16-18-30(19-17-29)26(32)28-23-14-6-3-7-15-23/h2-7,10-11,14-15,20,22,24H,8-9,12-13,16-19H2,1H3,(H,27,31)(H,28,32)/t20-,24-/m1/s1. The van der Waals surface area contributed by atoms with Gasteiger partial charge in [0.15, 0.2) is 0 Å². The van der Waals surface area contributed by atoms with E-state index in [-0.39, 0.29) is 24.0 Å². The van der Waals surface area contributed by atoms with Gasteiger partial charge in [0.2, 0.25) is 5.91 Å². The Labute approximate surface area is 191 Å². The van der Waals surface area contributed by atoms with Crippen molar-refractivity contribution in [3.8, 4) is 0 Å². The van der Waals surface area contributed by atoms with Gasteiger partial charge in [0.25, 0.3) is 0 Å². The van der Waals surface area contributed by atoms with Crippen LogP contribution in [-0.4, -0.2) is 54.0 Å². The third-order valence-electron chi connectivity index (χ3n) is 6.79. The lowest BCUT2D eigenvalue weighted by molar-refractivity contribution is -0.129. The smallest absolute Gasteiger partial charge is 0.321 e. The Morgan fingerprint density at radius 2 is 1.47 bits per heavy atom. The quantitative estimate of drug-likeness (QED) is 0.714. The van der Waals surface area contributed by atoms with Crippen molar-refractivity contribution in [3.05, 3.63) is 66.2 Å². The molecule has 2 aromatic rings. The summed E-state index contributed by atoms with van der Waals surface area (Å²) < 4.78 is 0. The van der Waals surface area contributed by atoms with Crippen LogP contribution < -0.4 is 10.6 Å². The number of amides is 3. The summed E-state index contributed by atoms with van der Waals surface area (Å²) in [5, 5.41) is 6.23. The van der Waals surface area contributed by atoms with Crippen molar-refractivity contribution >= 4 is 17.6 Å². The first-order valence-electron chi connectivity index (χ1n) is 11.8. The van der Waals surface area contributed by atoms with E-state index in [0.29, 0.717) is 19.0 Å². The number of urea groups is 1. The summed E-state index contributed by atoms with van der Waals surface area (Å²) in [6, 6.07) is 19.4. The van der Waals surface area contributed by atoms with Crippen LogP contribution in [0.5, 0.6) is 0 Å². The van der Waals surface area contributed by atoms with E-state index >= 15 is 0 Å². The van der Waals surface area contributed by atoms with Crippen LogP contribution in [0.1, 0.15) is 44.2 Å². The van der Waals surface area contributed by atoms with Gasteiger partial charge in [-0.3, -0.25) is 9.69 Å². The first-order chi connectivity index (χ1) is 15.6. The molecule has 2 aliphatic rings. The van der Waals surface area contributed by atoms with Crippen LogP contribution in [0.2, 0.25) is 0 Å². The van der Waals surface area contributed by atoms with Crippen molar-refractivity contribution in [1.29, 1.82) is 0 Å². The van der Waals surface area contributed by atoms with Crippen LogP contribution in [0.3, 0.4) is 0 Å². The third-order valence-corrected chi connectivity index (χ3v) is 6.79. The average molecular weight is 435 g/mol. The fourth-order valence-corrected chi connectivity index (χ4v) is 5.00. The summed E-state index contributed by atoms with van der Waals surface area (Å²) in [4.78, 5) is 30.2. The van der Waals surface area contributed by atoms with E-state index in [1.807, 2.05) is 60.4 Å². The van der Waals surface area contributed by atoms with E-state index in [4.69, 9.17) is 0 Å². The highest BCUT2D eigenvalue weighted by Gasteiger charge is 2.37. The summed E-state index contributed by atoms with van der Waals surface area (Å²) in [6.07, 6.45) is 4.60. The van der Waals surface area contributed by atoms with Crippen LogP contribution in [0, 0.1) is 5.92 Å². The van der Waals surface area contributed by atoms with Crippen LogP contribution in [0.4, 0.5) is 10.5 Å². The Bertz CT molecular complexity index is 875. The largest absolute Gasteiger partial charge is 0.348 e. The number of hydrogen-bond acceptors (Lipinski definition) is 3. The van der Waals surface area contributed by atoms with E-state index in [9.17, 15) is 9.59 Å². The molecule has 2 N–H and O–H groups in total. The fraction of sp³-hybridized carbons (Fsp3) is 0.462. The van der Waals surface area contributed by atoms with Gasteiger partial charge in [-0.05, 0) is 43.4 Å². The van der Waals surface area contributed by atoms with Crippen molar-refractivity contribution in [2.45, 2.75) is 44.7 Å². The predicted octanol–water partition coefficient (Wildman–Crippen LogP) is 4.27. The van der Waals surface area contributed by atoms with Gasteiger partial charge in [-0.2, -0.15) is 0 Å². The van der Waals surface area contributed by atoms with Crippen molar-refractivity contribution in [2.24, 2.45) is 5.92 Å². The van der Waals surface area contributed by atoms with Gasteiger partial charge in [-0.25, -0.2) is 4.79 Å². The second kappa shape index (κ2) is 10.6. The minimum absolute atomic E-state index is 0.0226. The van der Waals surface area contributed by atoms with Gasteiger partial charge >= 0.3 is 6.03 Å². The minimum Gasteiger partial charge on any atom is -0.348 e. The molecule has 2 atom stereocenters. The molecule has 2 aromatic carbocycles. The van der Waals surface area contributed by atoms with Gasteiger partial charge in [0.05, 0.1) is 12.1 Å². The van der Waals surface area contributed by atoms with E-state index < -0.39 is 0 Å². The van der Waals surface area contributed by atoms with E-state index in [1.54, 1.807) is 0 Å². The van der Waals surface area contributed by atoms with E-state index in [0.717, 1.165) is 37.2 Å². The Hall–Kier alpha value is -2.86. The molecule has 1 saturated heterocycles.